The summed E-state index contributed by atoms with van der Waals surface area (Å²) in [5.74, 6) is 3.21. The van der Waals surface area contributed by atoms with Crippen LogP contribution in [0.5, 0.6) is 0 Å². The second-order valence-corrected chi connectivity index (χ2v) is 6.40. The van der Waals surface area contributed by atoms with E-state index in [1.54, 1.807) is 18.2 Å². The van der Waals surface area contributed by atoms with Crippen LogP contribution in [0.25, 0.3) is 11.0 Å². The molecule has 1 fully saturated rings. The van der Waals surface area contributed by atoms with Crippen LogP contribution in [0.4, 0.5) is 5.69 Å². The summed E-state index contributed by atoms with van der Waals surface area (Å²) in [5.41, 5.74) is 7.09. The first-order valence-corrected chi connectivity index (χ1v) is 8.03. The van der Waals surface area contributed by atoms with Gasteiger partial charge in [-0.1, -0.05) is 0 Å². The normalized spacial score (nSPS) is 16.4. The van der Waals surface area contributed by atoms with Crippen molar-refractivity contribution < 1.29 is 9.21 Å². The zero-order valence-corrected chi connectivity index (χ0v) is 12.0. The lowest BCUT2D eigenvalue weighted by atomic mass is 10.0. The van der Waals surface area contributed by atoms with Crippen LogP contribution in [0.1, 0.15) is 23.4 Å². The van der Waals surface area contributed by atoms with Crippen molar-refractivity contribution in [2.75, 3.05) is 23.8 Å². The molecule has 0 atom stereocenters. The number of benzene rings is 1. The van der Waals surface area contributed by atoms with Gasteiger partial charge in [-0.25, -0.2) is 0 Å². The number of nitrogens with one attached hydrogen (secondary N) is 1. The number of nitrogens with two attached hydrogens (primary N) is 1. The summed E-state index contributed by atoms with van der Waals surface area (Å²) in [4.78, 5) is 12.1. The van der Waals surface area contributed by atoms with Crippen LogP contribution < -0.4 is 11.1 Å². The first kappa shape index (κ1) is 13.4. The van der Waals surface area contributed by atoms with E-state index in [1.165, 1.54) is 24.3 Å². The summed E-state index contributed by atoms with van der Waals surface area (Å²) >= 11 is 1.99. The summed E-state index contributed by atoms with van der Waals surface area (Å²) in [5, 5.41) is 3.84. The number of furan rings is 1. The van der Waals surface area contributed by atoms with Gasteiger partial charge in [-0.3, -0.25) is 4.79 Å². The maximum atomic E-state index is 12.1. The maximum Gasteiger partial charge on any atom is 0.287 e. The molecule has 1 aliphatic rings. The number of carbonyl (C=O) groups is 1. The van der Waals surface area contributed by atoms with Gasteiger partial charge >= 0.3 is 0 Å². The van der Waals surface area contributed by atoms with E-state index < -0.39 is 0 Å². The van der Waals surface area contributed by atoms with Gasteiger partial charge in [-0.2, -0.15) is 11.8 Å². The van der Waals surface area contributed by atoms with Crippen molar-refractivity contribution in [1.29, 1.82) is 0 Å². The fraction of sp³-hybridized carbons (Fsp3) is 0.400. The molecule has 1 aromatic heterocycles. The van der Waals surface area contributed by atoms with Crippen LogP contribution in [-0.4, -0.2) is 24.0 Å². The number of rotatable bonds is 3. The maximum absolute atomic E-state index is 12.1. The van der Waals surface area contributed by atoms with Crippen LogP contribution >= 0.6 is 11.8 Å². The fourth-order valence-corrected chi connectivity index (χ4v) is 3.65. The third-order valence-electron chi connectivity index (χ3n) is 3.66. The molecule has 0 spiro atoms. The van der Waals surface area contributed by atoms with E-state index in [-0.39, 0.29) is 5.91 Å². The average Bonchev–Trinajstić information content (AvgIpc) is 2.89. The van der Waals surface area contributed by atoms with E-state index in [0.29, 0.717) is 22.9 Å². The van der Waals surface area contributed by atoms with Gasteiger partial charge in [-0.05, 0) is 54.5 Å². The predicted octanol–water partition coefficient (Wildman–Crippen LogP) is 2.89. The van der Waals surface area contributed by atoms with Gasteiger partial charge in [0.05, 0.1) is 0 Å². The summed E-state index contributed by atoms with van der Waals surface area (Å²) in [6, 6.07) is 7.12. The van der Waals surface area contributed by atoms with Crippen molar-refractivity contribution in [2.45, 2.75) is 12.8 Å². The Morgan fingerprint density at radius 3 is 2.95 bits per heavy atom. The van der Waals surface area contributed by atoms with Gasteiger partial charge in [0, 0.05) is 17.6 Å². The zero-order chi connectivity index (χ0) is 13.9. The van der Waals surface area contributed by atoms with E-state index >= 15 is 0 Å². The van der Waals surface area contributed by atoms with Crippen LogP contribution in [0, 0.1) is 5.92 Å². The van der Waals surface area contributed by atoms with Crippen molar-refractivity contribution in [3.05, 3.63) is 30.0 Å². The molecule has 0 unspecified atom stereocenters. The molecule has 3 rings (SSSR count). The minimum Gasteiger partial charge on any atom is -0.451 e. The number of anilines is 1. The molecular formula is C15H18N2O2S. The van der Waals surface area contributed by atoms with Gasteiger partial charge in [-0.15, -0.1) is 0 Å². The fourth-order valence-electron chi connectivity index (χ4n) is 2.45. The zero-order valence-electron chi connectivity index (χ0n) is 11.2. The molecular weight excluding hydrogens is 272 g/mol. The average molecular weight is 290 g/mol. The Labute approximate surface area is 122 Å². The molecule has 0 aliphatic carbocycles. The van der Waals surface area contributed by atoms with Crippen molar-refractivity contribution in [3.8, 4) is 0 Å². The molecule has 4 nitrogen and oxygen atoms in total. The Morgan fingerprint density at radius 1 is 1.35 bits per heavy atom. The number of amides is 1. The third kappa shape index (κ3) is 2.93. The lowest BCUT2D eigenvalue weighted by Crippen LogP contribution is -2.30. The Bertz CT molecular complexity index is 617. The van der Waals surface area contributed by atoms with Gasteiger partial charge < -0.3 is 15.5 Å². The quantitative estimate of drug-likeness (QED) is 0.853. The smallest absolute Gasteiger partial charge is 0.287 e. The molecule has 20 heavy (non-hydrogen) atoms. The van der Waals surface area contributed by atoms with Crippen molar-refractivity contribution in [1.82, 2.24) is 5.32 Å². The SMILES string of the molecule is Nc1ccc2oc(C(=O)NCC3CCSCC3)cc2c1. The first-order chi connectivity index (χ1) is 9.72. The lowest BCUT2D eigenvalue weighted by molar-refractivity contribution is 0.0921. The molecule has 3 N–H and O–H groups in total. The second kappa shape index (κ2) is 5.79. The highest BCUT2D eigenvalue weighted by Crippen LogP contribution is 2.23. The molecule has 106 valence electrons. The van der Waals surface area contributed by atoms with Crippen LogP contribution in [0.2, 0.25) is 0 Å². The molecule has 0 saturated carbocycles. The van der Waals surface area contributed by atoms with Gasteiger partial charge in [0.25, 0.3) is 5.91 Å². The summed E-state index contributed by atoms with van der Waals surface area (Å²) in [7, 11) is 0. The lowest BCUT2D eigenvalue weighted by Gasteiger charge is -2.21. The molecule has 2 heterocycles. The second-order valence-electron chi connectivity index (χ2n) is 5.17. The number of carbonyl (C=O) groups excluding carboxylic acids is 1. The number of fused-ring (bicyclic) bond motifs is 1. The van der Waals surface area contributed by atoms with Crippen LogP contribution in [0.3, 0.4) is 0 Å². The molecule has 5 heteroatoms. The first-order valence-electron chi connectivity index (χ1n) is 6.87. The molecule has 0 bridgehead atoms. The summed E-state index contributed by atoms with van der Waals surface area (Å²) < 4.78 is 5.55. The van der Waals surface area contributed by atoms with Gasteiger partial charge in [0.15, 0.2) is 5.76 Å². The van der Waals surface area contributed by atoms with Gasteiger partial charge in [0.2, 0.25) is 0 Å². The summed E-state index contributed by atoms with van der Waals surface area (Å²) in [6.07, 6.45) is 2.36. The van der Waals surface area contributed by atoms with E-state index in [2.05, 4.69) is 5.32 Å². The number of nitrogen functional groups attached to an aromatic ring is 1. The number of hydrogen-bond donors (Lipinski definition) is 2. The Kier molecular flexibility index (Phi) is 3.87. The number of thioether (sulfide) groups is 1. The summed E-state index contributed by atoms with van der Waals surface area (Å²) in [6.45, 7) is 0.735. The Morgan fingerprint density at radius 2 is 2.15 bits per heavy atom. The van der Waals surface area contributed by atoms with Crippen LogP contribution in [0.15, 0.2) is 28.7 Å². The van der Waals surface area contributed by atoms with Crippen molar-refractivity contribution in [3.63, 3.8) is 0 Å². The third-order valence-corrected chi connectivity index (χ3v) is 4.71. The van der Waals surface area contributed by atoms with E-state index in [1.807, 2.05) is 17.8 Å². The standard InChI is InChI=1S/C15H18N2O2S/c16-12-1-2-13-11(7-12)8-14(19-13)15(18)17-9-10-3-5-20-6-4-10/h1-2,7-8,10H,3-6,9,16H2,(H,17,18). The molecule has 2 aromatic rings. The highest BCUT2D eigenvalue weighted by molar-refractivity contribution is 7.99. The molecule has 1 saturated heterocycles. The molecule has 1 aromatic carbocycles. The topological polar surface area (TPSA) is 68.3 Å². The molecule has 0 radical (unpaired) electrons. The van der Waals surface area contributed by atoms with Crippen molar-refractivity contribution >= 4 is 34.3 Å². The van der Waals surface area contributed by atoms with Crippen LogP contribution in [-0.2, 0) is 0 Å². The minimum absolute atomic E-state index is 0.141. The minimum atomic E-state index is -0.141. The van der Waals surface area contributed by atoms with E-state index in [9.17, 15) is 4.79 Å². The van der Waals surface area contributed by atoms with Gasteiger partial charge in [0.1, 0.15) is 5.58 Å². The molecule has 1 aliphatic heterocycles. The monoisotopic (exact) mass is 290 g/mol. The van der Waals surface area contributed by atoms with Crippen molar-refractivity contribution in [2.24, 2.45) is 5.92 Å². The van der Waals surface area contributed by atoms with E-state index in [4.69, 9.17) is 10.2 Å². The Hall–Kier alpha value is -1.62. The Balaban J connectivity index is 1.65. The highest BCUT2D eigenvalue weighted by Gasteiger charge is 2.17. The number of hydrogen-bond acceptors (Lipinski definition) is 4. The highest BCUT2D eigenvalue weighted by atomic mass is 32.2. The largest absolute Gasteiger partial charge is 0.451 e. The predicted molar refractivity (Wildman–Crippen MR) is 83.0 cm³/mol. The molecule has 1 amide bonds. The van der Waals surface area contributed by atoms with E-state index in [0.717, 1.165) is 11.9 Å².